The van der Waals surface area contributed by atoms with Crippen molar-refractivity contribution in [3.05, 3.63) is 47.5 Å². The van der Waals surface area contributed by atoms with Crippen LogP contribution in [0.2, 0.25) is 5.02 Å². The van der Waals surface area contributed by atoms with E-state index < -0.39 is 22.0 Å². The van der Waals surface area contributed by atoms with Crippen LogP contribution < -0.4 is 14.8 Å². The molecule has 1 fully saturated rings. The topological polar surface area (TPSA) is 94.2 Å². The molecule has 30 heavy (non-hydrogen) atoms. The molecule has 2 aromatic carbocycles. The summed E-state index contributed by atoms with van der Waals surface area (Å²) in [6.45, 7) is 2.82. The highest BCUT2D eigenvalue weighted by atomic mass is 35.5. The zero-order chi connectivity index (χ0) is 21.7. The van der Waals surface area contributed by atoms with Crippen molar-refractivity contribution in [3.8, 4) is 11.5 Å². The predicted octanol–water partition coefficient (Wildman–Crippen LogP) is 2.78. The standard InChI is InChI=1S/C20H23ClN2O6S/c1-14(29-16-5-3-4-15(12-16)27-2)20(24)22-19-13-17(6-7-18(19)21)30(25,26)23-8-10-28-11-9-23/h3-7,12-14H,8-11H2,1-2H3,(H,22,24). The Bertz CT molecular complexity index is 1010. The van der Waals surface area contributed by atoms with Gasteiger partial charge in [0, 0.05) is 19.2 Å². The van der Waals surface area contributed by atoms with Crippen molar-refractivity contribution in [2.75, 3.05) is 38.7 Å². The van der Waals surface area contributed by atoms with Crippen molar-refractivity contribution in [3.63, 3.8) is 0 Å². The first-order valence-corrected chi connectivity index (χ1v) is 11.1. The molecule has 1 atom stereocenters. The summed E-state index contributed by atoms with van der Waals surface area (Å²) < 4.78 is 43.0. The van der Waals surface area contributed by atoms with Crippen LogP contribution in [0.4, 0.5) is 5.69 Å². The van der Waals surface area contributed by atoms with E-state index in [9.17, 15) is 13.2 Å². The van der Waals surface area contributed by atoms with Crippen LogP contribution in [0, 0.1) is 0 Å². The van der Waals surface area contributed by atoms with Gasteiger partial charge in [-0.2, -0.15) is 4.31 Å². The van der Waals surface area contributed by atoms with Gasteiger partial charge in [0.15, 0.2) is 6.10 Å². The quantitative estimate of drug-likeness (QED) is 0.691. The van der Waals surface area contributed by atoms with Gasteiger partial charge in [0.05, 0.1) is 35.9 Å². The fraction of sp³-hybridized carbons (Fsp3) is 0.350. The van der Waals surface area contributed by atoms with E-state index in [0.717, 1.165) is 0 Å². The summed E-state index contributed by atoms with van der Waals surface area (Å²) >= 11 is 6.18. The molecule has 1 unspecified atom stereocenters. The Labute approximate surface area is 180 Å². The van der Waals surface area contributed by atoms with E-state index in [0.29, 0.717) is 24.7 Å². The Morgan fingerprint density at radius 3 is 2.57 bits per heavy atom. The molecule has 1 saturated heterocycles. The number of sulfonamides is 1. The van der Waals surface area contributed by atoms with E-state index in [1.54, 1.807) is 31.2 Å². The van der Waals surface area contributed by atoms with Crippen molar-refractivity contribution in [2.24, 2.45) is 0 Å². The Kier molecular flexibility index (Phi) is 7.19. The molecule has 1 aliphatic rings. The van der Waals surface area contributed by atoms with Crippen LogP contribution in [0.5, 0.6) is 11.5 Å². The number of hydrogen-bond acceptors (Lipinski definition) is 6. The number of carbonyl (C=O) groups excluding carboxylic acids is 1. The minimum Gasteiger partial charge on any atom is -0.497 e. The molecule has 1 N–H and O–H groups in total. The lowest BCUT2D eigenvalue weighted by molar-refractivity contribution is -0.122. The number of nitrogens with one attached hydrogen (secondary N) is 1. The maximum Gasteiger partial charge on any atom is 0.265 e. The summed E-state index contributed by atoms with van der Waals surface area (Å²) in [5.41, 5.74) is 0.192. The number of anilines is 1. The second-order valence-corrected chi connectivity index (χ2v) is 8.93. The van der Waals surface area contributed by atoms with Crippen molar-refractivity contribution >= 4 is 33.2 Å². The van der Waals surface area contributed by atoms with Gasteiger partial charge >= 0.3 is 0 Å². The van der Waals surface area contributed by atoms with Gasteiger partial charge in [0.1, 0.15) is 11.5 Å². The van der Waals surface area contributed by atoms with Crippen LogP contribution in [0.15, 0.2) is 47.4 Å². The second-order valence-electron chi connectivity index (χ2n) is 6.59. The molecule has 0 aromatic heterocycles. The minimum atomic E-state index is -3.72. The van der Waals surface area contributed by atoms with Gasteiger partial charge < -0.3 is 19.5 Å². The summed E-state index contributed by atoms with van der Waals surface area (Å²) in [6, 6.07) is 11.1. The molecule has 0 aliphatic carbocycles. The van der Waals surface area contributed by atoms with Gasteiger partial charge in [-0.05, 0) is 37.3 Å². The number of nitrogens with zero attached hydrogens (tertiary/aromatic N) is 1. The molecule has 1 amide bonds. The van der Waals surface area contributed by atoms with Crippen LogP contribution in [0.1, 0.15) is 6.92 Å². The second kappa shape index (κ2) is 9.65. The summed E-state index contributed by atoms with van der Waals surface area (Å²) in [5, 5.41) is 2.86. The van der Waals surface area contributed by atoms with Crippen molar-refractivity contribution < 1.29 is 27.4 Å². The van der Waals surface area contributed by atoms with Crippen LogP contribution in [-0.2, 0) is 19.6 Å². The monoisotopic (exact) mass is 454 g/mol. The molecule has 162 valence electrons. The molecule has 3 rings (SSSR count). The molecule has 0 bridgehead atoms. The van der Waals surface area contributed by atoms with E-state index in [4.69, 9.17) is 25.8 Å². The van der Waals surface area contributed by atoms with Crippen LogP contribution in [0.3, 0.4) is 0 Å². The molecule has 1 heterocycles. The maximum absolute atomic E-state index is 12.9. The lowest BCUT2D eigenvalue weighted by atomic mass is 10.3. The number of halogens is 1. The van der Waals surface area contributed by atoms with Crippen molar-refractivity contribution in [2.45, 2.75) is 17.9 Å². The molecule has 0 saturated carbocycles. The average molecular weight is 455 g/mol. The first-order chi connectivity index (χ1) is 14.3. The lowest BCUT2D eigenvalue weighted by Gasteiger charge is -2.26. The fourth-order valence-corrected chi connectivity index (χ4v) is 4.46. The molecular formula is C20H23ClN2O6S. The molecule has 1 aliphatic heterocycles. The highest BCUT2D eigenvalue weighted by molar-refractivity contribution is 7.89. The number of hydrogen-bond donors (Lipinski definition) is 1. The fourth-order valence-electron chi connectivity index (χ4n) is 2.86. The first-order valence-electron chi connectivity index (χ1n) is 9.30. The summed E-state index contributed by atoms with van der Waals surface area (Å²) in [7, 11) is -2.18. The van der Waals surface area contributed by atoms with Crippen molar-refractivity contribution in [1.29, 1.82) is 0 Å². The molecular weight excluding hydrogens is 432 g/mol. The van der Waals surface area contributed by atoms with Crippen LogP contribution in [-0.4, -0.2) is 58.1 Å². The third kappa shape index (κ3) is 5.23. The number of ether oxygens (including phenoxy) is 3. The van der Waals surface area contributed by atoms with Gasteiger partial charge in [-0.3, -0.25) is 4.79 Å². The van der Waals surface area contributed by atoms with Gasteiger partial charge in [-0.15, -0.1) is 0 Å². The van der Waals surface area contributed by atoms with E-state index in [1.165, 1.54) is 29.6 Å². The molecule has 0 spiro atoms. The predicted molar refractivity (Wildman–Crippen MR) is 113 cm³/mol. The van der Waals surface area contributed by atoms with E-state index >= 15 is 0 Å². The normalized spacial score (nSPS) is 16.0. The first kappa shape index (κ1) is 22.4. The van der Waals surface area contributed by atoms with Gasteiger partial charge in [0.25, 0.3) is 5.91 Å². The summed E-state index contributed by atoms with van der Waals surface area (Å²) in [4.78, 5) is 12.6. The molecule has 2 aromatic rings. The number of methoxy groups -OCH3 is 1. The number of morpholine rings is 1. The van der Waals surface area contributed by atoms with E-state index in [-0.39, 0.29) is 28.7 Å². The summed E-state index contributed by atoms with van der Waals surface area (Å²) in [5.74, 6) is 0.594. The number of benzene rings is 2. The highest BCUT2D eigenvalue weighted by Crippen LogP contribution is 2.28. The Balaban J connectivity index is 1.73. The number of amides is 1. The molecule has 8 nitrogen and oxygen atoms in total. The Morgan fingerprint density at radius 1 is 1.17 bits per heavy atom. The van der Waals surface area contributed by atoms with Gasteiger partial charge in [-0.25, -0.2) is 8.42 Å². The third-order valence-electron chi connectivity index (χ3n) is 4.53. The van der Waals surface area contributed by atoms with Crippen LogP contribution in [0.25, 0.3) is 0 Å². The van der Waals surface area contributed by atoms with Crippen LogP contribution >= 0.6 is 11.6 Å². The molecule has 0 radical (unpaired) electrons. The molecule has 10 heteroatoms. The average Bonchev–Trinajstić information content (AvgIpc) is 2.75. The third-order valence-corrected chi connectivity index (χ3v) is 6.75. The zero-order valence-electron chi connectivity index (χ0n) is 16.6. The van der Waals surface area contributed by atoms with Gasteiger partial charge in [-0.1, -0.05) is 17.7 Å². The zero-order valence-corrected chi connectivity index (χ0v) is 18.2. The highest BCUT2D eigenvalue weighted by Gasteiger charge is 2.27. The minimum absolute atomic E-state index is 0.0467. The Hall–Kier alpha value is -2.33. The Morgan fingerprint density at radius 2 is 1.87 bits per heavy atom. The SMILES string of the molecule is COc1cccc(OC(C)C(=O)Nc2cc(S(=O)(=O)N3CCOCC3)ccc2Cl)c1. The maximum atomic E-state index is 12.9. The summed E-state index contributed by atoms with van der Waals surface area (Å²) in [6.07, 6.45) is -0.854. The lowest BCUT2D eigenvalue weighted by Crippen LogP contribution is -2.40. The number of carbonyl (C=O) groups is 1. The van der Waals surface area contributed by atoms with Crippen molar-refractivity contribution in [1.82, 2.24) is 4.31 Å². The van der Waals surface area contributed by atoms with Gasteiger partial charge in [0.2, 0.25) is 10.0 Å². The van der Waals surface area contributed by atoms with E-state index in [1.807, 2.05) is 0 Å². The van der Waals surface area contributed by atoms with E-state index in [2.05, 4.69) is 5.32 Å². The smallest absolute Gasteiger partial charge is 0.265 e. The number of rotatable bonds is 7. The largest absolute Gasteiger partial charge is 0.497 e.